The van der Waals surface area contributed by atoms with Crippen molar-refractivity contribution in [3.05, 3.63) is 71.7 Å². The zero-order valence-electron chi connectivity index (χ0n) is 18.3. The third kappa shape index (κ3) is 4.73. The number of aromatic nitrogens is 2. The van der Waals surface area contributed by atoms with E-state index >= 15 is 0 Å². The first-order chi connectivity index (χ1) is 15.2. The molecule has 2 aromatic carbocycles. The Hall–Kier alpha value is -3.04. The number of sulfonamides is 1. The lowest BCUT2D eigenvalue weighted by Crippen LogP contribution is -2.54. The maximum absolute atomic E-state index is 13.2. The van der Waals surface area contributed by atoms with Crippen molar-refractivity contribution in [1.82, 2.24) is 14.3 Å². The van der Waals surface area contributed by atoms with Crippen LogP contribution in [-0.4, -0.2) is 48.4 Å². The van der Waals surface area contributed by atoms with Gasteiger partial charge >= 0.3 is 0 Å². The van der Waals surface area contributed by atoms with Gasteiger partial charge in [-0.1, -0.05) is 17.7 Å². The SMILES string of the molecule is Cc1ccc(S(=O)(=O)N2CCN(c3nc(C)cc(Nc4ccc(F)cc4)n3)C(C)C2)cc1. The monoisotopic (exact) mass is 455 g/mol. The van der Waals surface area contributed by atoms with Gasteiger partial charge in [-0.2, -0.15) is 9.29 Å². The summed E-state index contributed by atoms with van der Waals surface area (Å²) in [6.07, 6.45) is 0. The highest BCUT2D eigenvalue weighted by atomic mass is 32.2. The van der Waals surface area contributed by atoms with E-state index in [-0.39, 0.29) is 11.9 Å². The third-order valence-corrected chi connectivity index (χ3v) is 7.34. The van der Waals surface area contributed by atoms with Crippen LogP contribution in [0.3, 0.4) is 0 Å². The lowest BCUT2D eigenvalue weighted by molar-refractivity contribution is 0.339. The fourth-order valence-electron chi connectivity index (χ4n) is 3.73. The summed E-state index contributed by atoms with van der Waals surface area (Å²) in [6, 6.07) is 14.7. The molecular weight excluding hydrogens is 429 g/mol. The molecule has 0 saturated carbocycles. The number of piperazine rings is 1. The minimum Gasteiger partial charge on any atom is -0.340 e. The molecule has 7 nitrogen and oxygen atoms in total. The van der Waals surface area contributed by atoms with Crippen LogP contribution in [-0.2, 0) is 10.0 Å². The van der Waals surface area contributed by atoms with Gasteiger partial charge in [0.1, 0.15) is 11.6 Å². The molecule has 1 aliphatic rings. The maximum atomic E-state index is 13.2. The highest BCUT2D eigenvalue weighted by molar-refractivity contribution is 7.89. The van der Waals surface area contributed by atoms with Crippen LogP contribution in [0.4, 0.5) is 21.8 Å². The van der Waals surface area contributed by atoms with E-state index in [0.29, 0.717) is 36.3 Å². The first-order valence-corrected chi connectivity index (χ1v) is 11.9. The van der Waals surface area contributed by atoms with Gasteiger partial charge in [0.2, 0.25) is 16.0 Å². The summed E-state index contributed by atoms with van der Waals surface area (Å²) < 4.78 is 40.8. The van der Waals surface area contributed by atoms with E-state index in [2.05, 4.69) is 15.3 Å². The molecule has 1 N–H and O–H groups in total. The summed E-state index contributed by atoms with van der Waals surface area (Å²) in [6.45, 7) is 6.94. The molecule has 32 heavy (non-hydrogen) atoms. The van der Waals surface area contributed by atoms with Crippen LogP contribution in [0, 0.1) is 19.7 Å². The zero-order valence-corrected chi connectivity index (χ0v) is 19.1. The lowest BCUT2D eigenvalue weighted by atomic mass is 10.2. The van der Waals surface area contributed by atoms with Gasteiger partial charge in [0, 0.05) is 43.1 Å². The van der Waals surface area contributed by atoms with Gasteiger partial charge in [-0.15, -0.1) is 0 Å². The number of nitrogens with one attached hydrogen (secondary N) is 1. The number of aryl methyl sites for hydroxylation is 2. The van der Waals surface area contributed by atoms with Crippen molar-refractivity contribution in [2.24, 2.45) is 0 Å². The molecule has 1 aromatic heterocycles. The molecule has 4 rings (SSSR count). The summed E-state index contributed by atoms with van der Waals surface area (Å²) >= 11 is 0. The van der Waals surface area contributed by atoms with Crippen LogP contribution < -0.4 is 10.2 Å². The van der Waals surface area contributed by atoms with Crippen LogP contribution in [0.25, 0.3) is 0 Å². The molecule has 2 heterocycles. The topological polar surface area (TPSA) is 78.4 Å². The zero-order chi connectivity index (χ0) is 22.9. The lowest BCUT2D eigenvalue weighted by Gasteiger charge is -2.39. The predicted molar refractivity (Wildman–Crippen MR) is 123 cm³/mol. The predicted octanol–water partition coefficient (Wildman–Crippen LogP) is 3.88. The molecule has 9 heteroatoms. The second-order valence-electron chi connectivity index (χ2n) is 8.04. The summed E-state index contributed by atoms with van der Waals surface area (Å²) in [7, 11) is -3.56. The quantitative estimate of drug-likeness (QED) is 0.629. The molecular formula is C23H26FN5O2S. The molecule has 1 fully saturated rings. The fourth-order valence-corrected chi connectivity index (χ4v) is 5.24. The number of rotatable bonds is 5. The highest BCUT2D eigenvalue weighted by Crippen LogP contribution is 2.25. The van der Waals surface area contributed by atoms with E-state index in [1.54, 1.807) is 24.3 Å². The molecule has 0 amide bonds. The number of halogens is 1. The Morgan fingerprint density at radius 3 is 2.34 bits per heavy atom. The molecule has 0 radical (unpaired) electrons. The molecule has 1 saturated heterocycles. The van der Waals surface area contributed by atoms with Crippen molar-refractivity contribution in [2.45, 2.75) is 31.7 Å². The molecule has 1 aliphatic heterocycles. The molecule has 1 atom stereocenters. The van der Waals surface area contributed by atoms with Gasteiger partial charge in [0.25, 0.3) is 0 Å². The van der Waals surface area contributed by atoms with E-state index in [1.807, 2.05) is 43.9 Å². The molecule has 3 aromatic rings. The molecule has 168 valence electrons. The maximum Gasteiger partial charge on any atom is 0.243 e. The normalized spacial score (nSPS) is 17.4. The van der Waals surface area contributed by atoms with E-state index < -0.39 is 10.0 Å². The van der Waals surface area contributed by atoms with Gasteiger partial charge in [0.15, 0.2) is 0 Å². The Labute approximate surface area is 188 Å². The fraction of sp³-hybridized carbons (Fsp3) is 0.304. The van der Waals surface area contributed by atoms with Crippen LogP contribution >= 0.6 is 0 Å². The third-order valence-electron chi connectivity index (χ3n) is 5.46. The first kappa shape index (κ1) is 22.2. The van der Waals surface area contributed by atoms with Crippen LogP contribution in [0.5, 0.6) is 0 Å². The molecule has 0 aliphatic carbocycles. The first-order valence-electron chi connectivity index (χ1n) is 10.4. The summed E-state index contributed by atoms with van der Waals surface area (Å²) in [5, 5.41) is 3.17. The number of anilines is 3. The van der Waals surface area contributed by atoms with Gasteiger partial charge < -0.3 is 10.2 Å². The highest BCUT2D eigenvalue weighted by Gasteiger charge is 2.33. The summed E-state index contributed by atoms with van der Waals surface area (Å²) in [5.41, 5.74) is 2.52. The van der Waals surface area contributed by atoms with Crippen molar-refractivity contribution in [1.29, 1.82) is 0 Å². The minimum absolute atomic E-state index is 0.107. The molecule has 0 bridgehead atoms. The van der Waals surface area contributed by atoms with Gasteiger partial charge in [-0.25, -0.2) is 17.8 Å². The van der Waals surface area contributed by atoms with Crippen molar-refractivity contribution >= 4 is 27.5 Å². The van der Waals surface area contributed by atoms with Crippen molar-refractivity contribution in [2.75, 3.05) is 29.9 Å². The van der Waals surface area contributed by atoms with E-state index in [0.717, 1.165) is 16.9 Å². The average molecular weight is 456 g/mol. The Balaban J connectivity index is 1.51. The van der Waals surface area contributed by atoms with Crippen molar-refractivity contribution in [3.8, 4) is 0 Å². The number of hydrogen-bond acceptors (Lipinski definition) is 6. The minimum atomic E-state index is -3.56. The second-order valence-corrected chi connectivity index (χ2v) is 9.98. The van der Waals surface area contributed by atoms with Gasteiger partial charge in [-0.3, -0.25) is 0 Å². The molecule has 0 spiro atoms. The Morgan fingerprint density at radius 1 is 1.00 bits per heavy atom. The largest absolute Gasteiger partial charge is 0.340 e. The van der Waals surface area contributed by atoms with Crippen molar-refractivity contribution in [3.63, 3.8) is 0 Å². The number of benzene rings is 2. The molecule has 1 unspecified atom stereocenters. The smallest absolute Gasteiger partial charge is 0.243 e. The number of hydrogen-bond donors (Lipinski definition) is 1. The van der Waals surface area contributed by atoms with Crippen LogP contribution in [0.2, 0.25) is 0 Å². The van der Waals surface area contributed by atoms with E-state index in [1.165, 1.54) is 16.4 Å². The van der Waals surface area contributed by atoms with Crippen molar-refractivity contribution < 1.29 is 12.8 Å². The average Bonchev–Trinajstić information content (AvgIpc) is 2.75. The number of nitrogens with zero attached hydrogens (tertiary/aromatic N) is 4. The van der Waals surface area contributed by atoms with Gasteiger partial charge in [-0.05, 0) is 57.2 Å². The Morgan fingerprint density at radius 2 is 1.69 bits per heavy atom. The van der Waals surface area contributed by atoms with E-state index in [4.69, 9.17) is 0 Å². The standard InChI is InChI=1S/C23H26FN5O2S/c1-16-4-10-21(11-5-16)32(30,31)28-12-13-29(18(3)15-28)23-25-17(2)14-22(27-23)26-20-8-6-19(24)7-9-20/h4-11,14,18H,12-13,15H2,1-3H3,(H,25,26,27). The Kier molecular flexibility index (Phi) is 6.12. The van der Waals surface area contributed by atoms with Crippen LogP contribution in [0.1, 0.15) is 18.2 Å². The Bertz CT molecular complexity index is 1200. The summed E-state index contributed by atoms with van der Waals surface area (Å²) in [5.74, 6) is 0.831. The second kappa shape index (κ2) is 8.84. The van der Waals surface area contributed by atoms with E-state index in [9.17, 15) is 12.8 Å². The van der Waals surface area contributed by atoms with Crippen LogP contribution in [0.15, 0.2) is 59.5 Å². The summed E-state index contributed by atoms with van der Waals surface area (Å²) in [4.78, 5) is 11.5. The van der Waals surface area contributed by atoms with Gasteiger partial charge in [0.05, 0.1) is 4.90 Å².